The number of halogens is 3. The number of aromatic carboxylic acids is 1. The van der Waals surface area contributed by atoms with E-state index in [4.69, 9.17) is 11.5 Å². The van der Waals surface area contributed by atoms with Gasteiger partial charge < -0.3 is 10.4 Å². The zero-order valence-corrected chi connectivity index (χ0v) is 8.51. The Kier molecular flexibility index (Phi) is 3.63. The van der Waals surface area contributed by atoms with Gasteiger partial charge in [-0.05, 0) is 18.2 Å². The second kappa shape index (κ2) is 4.78. The maximum absolute atomic E-state index is 12.6. The third kappa shape index (κ3) is 3.14. The van der Waals surface area contributed by atoms with Crippen molar-refractivity contribution in [2.75, 3.05) is 11.9 Å². The molecular formula is C11H8F3NO2. The summed E-state index contributed by atoms with van der Waals surface area (Å²) in [6.07, 6.45) is 0.229. The van der Waals surface area contributed by atoms with Crippen LogP contribution >= 0.6 is 0 Å². The van der Waals surface area contributed by atoms with Gasteiger partial charge in [-0.25, -0.2) is 4.79 Å². The SMILES string of the molecule is C#CCNc1ccc(C(=O)O)c(C(F)(F)F)c1. The van der Waals surface area contributed by atoms with Gasteiger partial charge in [0.1, 0.15) is 0 Å². The molecule has 0 bridgehead atoms. The Hall–Kier alpha value is -2.16. The molecule has 0 heterocycles. The van der Waals surface area contributed by atoms with Crippen LogP contribution in [-0.2, 0) is 6.18 Å². The van der Waals surface area contributed by atoms with Crippen LogP contribution < -0.4 is 5.32 Å². The molecule has 6 heteroatoms. The maximum atomic E-state index is 12.6. The average molecular weight is 243 g/mol. The predicted octanol–water partition coefficient (Wildman–Crippen LogP) is 2.45. The molecule has 0 aliphatic carbocycles. The molecule has 17 heavy (non-hydrogen) atoms. The Morgan fingerprint density at radius 3 is 2.59 bits per heavy atom. The number of hydrogen-bond acceptors (Lipinski definition) is 2. The van der Waals surface area contributed by atoms with Crippen LogP contribution in [0.15, 0.2) is 18.2 Å². The van der Waals surface area contributed by atoms with Crippen molar-refractivity contribution < 1.29 is 23.1 Å². The molecule has 0 radical (unpaired) electrons. The Morgan fingerprint density at radius 1 is 1.47 bits per heavy atom. The van der Waals surface area contributed by atoms with Crippen LogP contribution in [-0.4, -0.2) is 17.6 Å². The molecule has 0 aliphatic heterocycles. The largest absolute Gasteiger partial charge is 0.478 e. The normalized spacial score (nSPS) is 10.7. The van der Waals surface area contributed by atoms with Crippen molar-refractivity contribution in [3.05, 3.63) is 29.3 Å². The molecule has 0 spiro atoms. The predicted molar refractivity (Wildman–Crippen MR) is 55.7 cm³/mol. The van der Waals surface area contributed by atoms with E-state index in [0.29, 0.717) is 0 Å². The first-order chi connectivity index (χ1) is 7.86. The number of carbonyl (C=O) groups is 1. The van der Waals surface area contributed by atoms with E-state index in [9.17, 15) is 18.0 Å². The molecule has 0 fully saturated rings. The van der Waals surface area contributed by atoms with Gasteiger partial charge in [-0.1, -0.05) is 5.92 Å². The van der Waals surface area contributed by atoms with E-state index in [0.717, 1.165) is 12.1 Å². The fraction of sp³-hybridized carbons (Fsp3) is 0.182. The summed E-state index contributed by atoms with van der Waals surface area (Å²) < 4.78 is 37.7. The monoisotopic (exact) mass is 243 g/mol. The molecule has 0 atom stereocenters. The fourth-order valence-corrected chi connectivity index (χ4v) is 1.23. The zero-order valence-electron chi connectivity index (χ0n) is 8.51. The number of rotatable bonds is 3. The van der Waals surface area contributed by atoms with E-state index in [2.05, 4.69) is 11.2 Å². The highest BCUT2D eigenvalue weighted by atomic mass is 19.4. The Morgan fingerprint density at radius 2 is 2.12 bits per heavy atom. The van der Waals surface area contributed by atoms with Crippen LogP contribution in [0.2, 0.25) is 0 Å². The molecule has 0 aromatic heterocycles. The summed E-state index contributed by atoms with van der Waals surface area (Å²) in [5.41, 5.74) is -1.86. The van der Waals surface area contributed by atoms with Crippen LogP contribution in [0.1, 0.15) is 15.9 Å². The molecule has 1 aromatic rings. The van der Waals surface area contributed by atoms with Crippen molar-refractivity contribution in [1.82, 2.24) is 0 Å². The summed E-state index contributed by atoms with van der Waals surface area (Å²) in [6, 6.07) is 2.85. The second-order valence-corrected chi connectivity index (χ2v) is 3.12. The van der Waals surface area contributed by atoms with Gasteiger partial charge in [0.05, 0.1) is 17.7 Å². The Labute approximate surface area is 95.3 Å². The van der Waals surface area contributed by atoms with Gasteiger partial charge in [-0.15, -0.1) is 6.42 Å². The number of anilines is 1. The first-order valence-electron chi connectivity index (χ1n) is 4.48. The first-order valence-corrected chi connectivity index (χ1v) is 4.48. The molecule has 0 saturated heterocycles. The van der Waals surface area contributed by atoms with Crippen molar-refractivity contribution in [2.24, 2.45) is 0 Å². The minimum atomic E-state index is -4.72. The van der Waals surface area contributed by atoms with Crippen LogP contribution in [0.3, 0.4) is 0 Å². The zero-order chi connectivity index (χ0) is 13.1. The number of carboxylic acid groups (broad SMARTS) is 1. The lowest BCUT2D eigenvalue weighted by Gasteiger charge is -2.12. The van der Waals surface area contributed by atoms with Gasteiger partial charge >= 0.3 is 12.1 Å². The second-order valence-electron chi connectivity index (χ2n) is 3.12. The van der Waals surface area contributed by atoms with E-state index in [1.54, 1.807) is 0 Å². The molecular weight excluding hydrogens is 235 g/mol. The number of carboxylic acids is 1. The maximum Gasteiger partial charge on any atom is 0.417 e. The lowest BCUT2D eigenvalue weighted by atomic mass is 10.1. The lowest BCUT2D eigenvalue weighted by molar-refractivity contribution is -0.138. The molecule has 0 unspecified atom stereocenters. The van der Waals surface area contributed by atoms with Crippen molar-refractivity contribution in [1.29, 1.82) is 0 Å². The Balaban J connectivity index is 3.21. The van der Waals surface area contributed by atoms with E-state index in [-0.39, 0.29) is 12.2 Å². The lowest BCUT2D eigenvalue weighted by Crippen LogP contribution is -2.13. The molecule has 0 amide bonds. The molecule has 2 N–H and O–H groups in total. The van der Waals surface area contributed by atoms with Crippen molar-refractivity contribution in [3.63, 3.8) is 0 Å². The van der Waals surface area contributed by atoms with Crippen LogP contribution in [0.5, 0.6) is 0 Å². The molecule has 3 nitrogen and oxygen atoms in total. The van der Waals surface area contributed by atoms with Crippen LogP contribution in [0, 0.1) is 12.3 Å². The van der Waals surface area contributed by atoms with Crippen molar-refractivity contribution >= 4 is 11.7 Å². The van der Waals surface area contributed by atoms with E-state index < -0.39 is 23.3 Å². The van der Waals surface area contributed by atoms with E-state index in [1.807, 2.05) is 0 Å². The smallest absolute Gasteiger partial charge is 0.417 e. The average Bonchev–Trinajstić information content (AvgIpc) is 2.24. The number of hydrogen-bond donors (Lipinski definition) is 2. The number of terminal acetylenes is 1. The van der Waals surface area contributed by atoms with Crippen molar-refractivity contribution in [2.45, 2.75) is 6.18 Å². The van der Waals surface area contributed by atoms with E-state index in [1.165, 1.54) is 6.07 Å². The summed E-state index contributed by atoms with van der Waals surface area (Å²) in [4.78, 5) is 10.6. The Bertz CT molecular complexity index is 475. The van der Waals surface area contributed by atoms with Gasteiger partial charge in [-0.2, -0.15) is 13.2 Å². The minimum Gasteiger partial charge on any atom is -0.478 e. The molecule has 1 aromatic carbocycles. The highest BCUT2D eigenvalue weighted by Crippen LogP contribution is 2.33. The molecule has 1 rings (SSSR count). The topological polar surface area (TPSA) is 49.3 Å². The summed E-state index contributed by atoms with van der Waals surface area (Å²) >= 11 is 0. The standard InChI is InChI=1S/C11H8F3NO2/c1-2-5-15-7-3-4-8(10(16)17)9(6-7)11(12,13)14/h1,3-4,6,15H,5H2,(H,16,17). The summed E-state index contributed by atoms with van der Waals surface area (Å²) in [6.45, 7) is 0.0592. The van der Waals surface area contributed by atoms with E-state index >= 15 is 0 Å². The highest BCUT2D eigenvalue weighted by Gasteiger charge is 2.35. The molecule has 0 aliphatic rings. The molecule has 90 valence electrons. The van der Waals surface area contributed by atoms with Gasteiger partial charge in [0.25, 0.3) is 0 Å². The third-order valence-electron chi connectivity index (χ3n) is 1.95. The van der Waals surface area contributed by atoms with Gasteiger partial charge in [0.15, 0.2) is 0 Å². The number of nitrogens with one attached hydrogen (secondary N) is 1. The van der Waals surface area contributed by atoms with Gasteiger partial charge in [0.2, 0.25) is 0 Å². The summed E-state index contributed by atoms with van der Waals surface area (Å²) in [5.74, 6) is 0.579. The van der Waals surface area contributed by atoms with Crippen LogP contribution in [0.4, 0.5) is 18.9 Å². The van der Waals surface area contributed by atoms with Gasteiger partial charge in [-0.3, -0.25) is 0 Å². The highest BCUT2D eigenvalue weighted by molar-refractivity contribution is 5.90. The third-order valence-corrected chi connectivity index (χ3v) is 1.95. The first kappa shape index (κ1) is 12.9. The number of alkyl halides is 3. The fourth-order valence-electron chi connectivity index (χ4n) is 1.23. The summed E-state index contributed by atoms with van der Waals surface area (Å²) in [5, 5.41) is 11.2. The van der Waals surface area contributed by atoms with Gasteiger partial charge in [0, 0.05) is 5.69 Å². The number of benzene rings is 1. The molecule has 0 saturated carbocycles. The quantitative estimate of drug-likeness (QED) is 0.801. The van der Waals surface area contributed by atoms with Crippen molar-refractivity contribution in [3.8, 4) is 12.3 Å². The van der Waals surface area contributed by atoms with Crippen LogP contribution in [0.25, 0.3) is 0 Å². The summed E-state index contributed by atoms with van der Waals surface area (Å²) in [7, 11) is 0. The minimum absolute atomic E-state index is 0.0592.